The summed E-state index contributed by atoms with van der Waals surface area (Å²) in [5.41, 5.74) is -0.818. The minimum absolute atomic E-state index is 0.0101. The zero-order valence-corrected chi connectivity index (χ0v) is 16.0. The largest absolute Gasteiger partial charge is 0.481 e. The number of hydrogen-bond donors (Lipinski definition) is 1. The molecule has 1 aliphatic rings. The fraction of sp³-hybridized carbons (Fsp3) is 0.737. The summed E-state index contributed by atoms with van der Waals surface area (Å²) >= 11 is 0. The Morgan fingerprint density at radius 2 is 1.64 bits per heavy atom. The summed E-state index contributed by atoms with van der Waals surface area (Å²) in [4.78, 5) is 35.7. The van der Waals surface area contributed by atoms with Gasteiger partial charge in [0.1, 0.15) is 11.2 Å². The number of allylic oxidation sites excluding steroid dienone is 1. The number of esters is 2. The van der Waals surface area contributed by atoms with Crippen LogP contribution in [0.5, 0.6) is 0 Å². The predicted molar refractivity (Wildman–Crippen MR) is 92.9 cm³/mol. The van der Waals surface area contributed by atoms with Gasteiger partial charge in [-0.3, -0.25) is 9.59 Å². The first-order chi connectivity index (χ1) is 11.3. The second-order valence-electron chi connectivity index (χ2n) is 8.56. The van der Waals surface area contributed by atoms with Gasteiger partial charge in [0, 0.05) is 12.0 Å². The quantitative estimate of drug-likeness (QED) is 0.760. The third kappa shape index (κ3) is 8.18. The zero-order chi connectivity index (χ0) is 19.4. The van der Waals surface area contributed by atoms with Crippen molar-refractivity contribution in [2.75, 3.05) is 0 Å². The molecule has 2 unspecified atom stereocenters. The SMILES string of the molecule is CC(C)(C)OC(=O)C1=CC(CCC(=O)O)CC(C(=O)OC(C)(C)C)C1. The van der Waals surface area contributed by atoms with Crippen LogP contribution in [0.2, 0.25) is 0 Å². The van der Waals surface area contributed by atoms with E-state index < -0.39 is 29.1 Å². The fourth-order valence-electron chi connectivity index (χ4n) is 2.70. The van der Waals surface area contributed by atoms with Gasteiger partial charge in [-0.05, 0) is 66.7 Å². The number of ether oxygens (including phenoxy) is 2. The highest BCUT2D eigenvalue weighted by Gasteiger charge is 2.34. The van der Waals surface area contributed by atoms with Crippen LogP contribution in [0.1, 0.15) is 67.2 Å². The number of carboxylic acid groups (broad SMARTS) is 1. The molecule has 0 heterocycles. The van der Waals surface area contributed by atoms with Gasteiger partial charge in [0.15, 0.2) is 0 Å². The molecule has 142 valence electrons. The molecule has 2 atom stereocenters. The molecule has 0 saturated carbocycles. The van der Waals surface area contributed by atoms with Crippen molar-refractivity contribution in [3.05, 3.63) is 11.6 Å². The highest BCUT2D eigenvalue weighted by atomic mass is 16.6. The zero-order valence-electron chi connectivity index (χ0n) is 16.0. The third-order valence-electron chi connectivity index (χ3n) is 3.62. The lowest BCUT2D eigenvalue weighted by atomic mass is 9.80. The number of carbonyl (C=O) groups excluding carboxylic acids is 2. The summed E-state index contributed by atoms with van der Waals surface area (Å²) in [6, 6.07) is 0. The van der Waals surface area contributed by atoms with Gasteiger partial charge in [0.2, 0.25) is 0 Å². The van der Waals surface area contributed by atoms with Gasteiger partial charge in [-0.2, -0.15) is 0 Å². The Morgan fingerprint density at radius 1 is 1.08 bits per heavy atom. The first-order valence-electron chi connectivity index (χ1n) is 8.65. The number of rotatable bonds is 5. The van der Waals surface area contributed by atoms with Crippen molar-refractivity contribution >= 4 is 17.9 Å². The lowest BCUT2D eigenvalue weighted by molar-refractivity contribution is -0.161. The Morgan fingerprint density at radius 3 is 2.12 bits per heavy atom. The highest BCUT2D eigenvalue weighted by molar-refractivity contribution is 5.90. The number of carbonyl (C=O) groups is 3. The fourth-order valence-corrected chi connectivity index (χ4v) is 2.70. The normalized spacial score (nSPS) is 21.3. The van der Waals surface area contributed by atoms with Crippen LogP contribution in [0.4, 0.5) is 0 Å². The van der Waals surface area contributed by atoms with Crippen LogP contribution in [-0.4, -0.2) is 34.2 Å². The predicted octanol–water partition coefficient (Wildman–Crippen LogP) is 3.49. The molecule has 0 aromatic carbocycles. The summed E-state index contributed by atoms with van der Waals surface area (Å²) in [6.45, 7) is 10.7. The Bertz CT molecular complexity index is 547. The molecule has 0 aromatic rings. The van der Waals surface area contributed by atoms with Crippen LogP contribution >= 0.6 is 0 Å². The maximum Gasteiger partial charge on any atom is 0.334 e. The van der Waals surface area contributed by atoms with Crippen LogP contribution in [0.15, 0.2) is 11.6 Å². The van der Waals surface area contributed by atoms with Gasteiger partial charge in [-0.15, -0.1) is 0 Å². The van der Waals surface area contributed by atoms with Crippen molar-refractivity contribution in [3.8, 4) is 0 Å². The van der Waals surface area contributed by atoms with Crippen molar-refractivity contribution in [2.24, 2.45) is 11.8 Å². The number of carboxylic acids is 1. The molecular formula is C19H30O6. The topological polar surface area (TPSA) is 89.9 Å². The van der Waals surface area contributed by atoms with E-state index in [0.717, 1.165) is 0 Å². The molecule has 0 bridgehead atoms. The summed E-state index contributed by atoms with van der Waals surface area (Å²) in [5.74, 6) is -2.34. The average Bonchev–Trinajstić information content (AvgIpc) is 2.41. The molecule has 0 radical (unpaired) electrons. The van der Waals surface area contributed by atoms with E-state index in [0.29, 0.717) is 18.4 Å². The molecule has 0 spiro atoms. The standard InChI is InChI=1S/C19H30O6/c1-18(2,3)24-16(22)13-9-12(7-8-15(20)21)10-14(11-13)17(23)25-19(4,5)6/h9,12,14H,7-8,10-11H2,1-6H3,(H,20,21). The Balaban J connectivity index is 2.94. The summed E-state index contributed by atoms with van der Waals surface area (Å²) in [7, 11) is 0. The van der Waals surface area contributed by atoms with Gasteiger partial charge < -0.3 is 14.6 Å². The van der Waals surface area contributed by atoms with E-state index >= 15 is 0 Å². The molecule has 6 nitrogen and oxygen atoms in total. The average molecular weight is 354 g/mol. The summed E-state index contributed by atoms with van der Waals surface area (Å²) < 4.78 is 10.8. The van der Waals surface area contributed by atoms with Gasteiger partial charge in [-0.1, -0.05) is 6.08 Å². The Kier molecular flexibility index (Phi) is 6.80. The molecule has 0 amide bonds. The third-order valence-corrected chi connectivity index (χ3v) is 3.62. The van der Waals surface area contributed by atoms with E-state index in [1.807, 2.05) is 0 Å². The van der Waals surface area contributed by atoms with Crippen LogP contribution < -0.4 is 0 Å². The maximum atomic E-state index is 12.4. The monoisotopic (exact) mass is 354 g/mol. The van der Waals surface area contributed by atoms with Crippen molar-refractivity contribution < 1.29 is 29.0 Å². The number of hydrogen-bond acceptors (Lipinski definition) is 5. The van der Waals surface area contributed by atoms with Gasteiger partial charge >= 0.3 is 17.9 Å². The molecule has 0 saturated heterocycles. The van der Waals surface area contributed by atoms with E-state index in [1.54, 1.807) is 47.6 Å². The van der Waals surface area contributed by atoms with E-state index in [2.05, 4.69) is 0 Å². The minimum atomic E-state index is -0.897. The molecule has 25 heavy (non-hydrogen) atoms. The van der Waals surface area contributed by atoms with Crippen LogP contribution in [-0.2, 0) is 23.9 Å². The van der Waals surface area contributed by atoms with E-state index in [9.17, 15) is 14.4 Å². The molecule has 6 heteroatoms. The maximum absolute atomic E-state index is 12.4. The van der Waals surface area contributed by atoms with E-state index in [4.69, 9.17) is 14.6 Å². The Hall–Kier alpha value is -1.85. The van der Waals surface area contributed by atoms with Gasteiger partial charge in [-0.25, -0.2) is 4.79 Å². The first kappa shape index (κ1) is 21.2. The van der Waals surface area contributed by atoms with Gasteiger partial charge in [0.05, 0.1) is 5.92 Å². The smallest absolute Gasteiger partial charge is 0.334 e. The van der Waals surface area contributed by atoms with Gasteiger partial charge in [0.25, 0.3) is 0 Å². The number of aliphatic carboxylic acids is 1. The lowest BCUT2D eigenvalue weighted by Crippen LogP contribution is -2.33. The molecule has 1 rings (SSSR count). The molecule has 1 N–H and O–H groups in total. The van der Waals surface area contributed by atoms with Crippen molar-refractivity contribution in [2.45, 2.75) is 78.4 Å². The minimum Gasteiger partial charge on any atom is -0.481 e. The molecule has 0 aliphatic heterocycles. The first-order valence-corrected chi connectivity index (χ1v) is 8.65. The Labute approximate surface area is 149 Å². The van der Waals surface area contributed by atoms with Crippen molar-refractivity contribution in [3.63, 3.8) is 0 Å². The van der Waals surface area contributed by atoms with Crippen LogP contribution in [0.3, 0.4) is 0 Å². The second-order valence-corrected chi connectivity index (χ2v) is 8.56. The van der Waals surface area contributed by atoms with Crippen molar-refractivity contribution in [1.82, 2.24) is 0 Å². The highest BCUT2D eigenvalue weighted by Crippen LogP contribution is 2.34. The lowest BCUT2D eigenvalue weighted by Gasteiger charge is -2.30. The van der Waals surface area contributed by atoms with Crippen LogP contribution in [0, 0.1) is 11.8 Å². The summed E-state index contributed by atoms with van der Waals surface area (Å²) in [6.07, 6.45) is 2.87. The molecule has 0 fully saturated rings. The van der Waals surface area contributed by atoms with E-state index in [-0.39, 0.29) is 24.7 Å². The van der Waals surface area contributed by atoms with Crippen molar-refractivity contribution in [1.29, 1.82) is 0 Å². The molecular weight excluding hydrogens is 324 g/mol. The molecule has 0 aromatic heterocycles. The summed E-state index contributed by atoms with van der Waals surface area (Å²) in [5, 5.41) is 8.90. The van der Waals surface area contributed by atoms with E-state index in [1.165, 1.54) is 0 Å². The molecule has 1 aliphatic carbocycles. The van der Waals surface area contributed by atoms with Crippen LogP contribution in [0.25, 0.3) is 0 Å². The second kappa shape index (κ2) is 8.02.